The molecule has 10 nitrogen and oxygen atoms in total. The summed E-state index contributed by atoms with van der Waals surface area (Å²) in [5.41, 5.74) is 1.79. The maximum atomic E-state index is 13.1. The molecule has 204 valence electrons. The van der Waals surface area contributed by atoms with E-state index >= 15 is 0 Å². The van der Waals surface area contributed by atoms with Crippen LogP contribution in [0.5, 0.6) is 17.2 Å². The number of nitrogens with one attached hydrogen (secondary N) is 1. The molecule has 1 atom stereocenters. The smallest absolute Gasteiger partial charge is 0.341 e. The summed E-state index contributed by atoms with van der Waals surface area (Å²) >= 11 is 2.39. The summed E-state index contributed by atoms with van der Waals surface area (Å²) in [6.07, 6.45) is 0. The van der Waals surface area contributed by atoms with Gasteiger partial charge in [0.05, 0.1) is 38.7 Å². The summed E-state index contributed by atoms with van der Waals surface area (Å²) in [4.78, 5) is 26.5. The van der Waals surface area contributed by atoms with Gasteiger partial charge in [-0.2, -0.15) is 0 Å². The lowest BCUT2D eigenvalue weighted by molar-refractivity contribution is -0.115. The highest BCUT2D eigenvalue weighted by molar-refractivity contribution is 8.00. The van der Waals surface area contributed by atoms with E-state index < -0.39 is 11.2 Å². The van der Waals surface area contributed by atoms with Crippen LogP contribution in [0.1, 0.15) is 24.2 Å². The summed E-state index contributed by atoms with van der Waals surface area (Å²) in [5, 5.41) is 11.0. The van der Waals surface area contributed by atoms with Gasteiger partial charge in [0.15, 0.2) is 11.5 Å². The van der Waals surface area contributed by atoms with E-state index in [1.807, 2.05) is 30.3 Å². The van der Waals surface area contributed by atoms with Crippen LogP contribution < -0.4 is 19.5 Å². The Morgan fingerprint density at radius 1 is 1.00 bits per heavy atom. The number of thioether (sulfide) groups is 1. The van der Waals surface area contributed by atoms with Crippen LogP contribution in [0.15, 0.2) is 58.2 Å². The van der Waals surface area contributed by atoms with Crippen LogP contribution in [0.25, 0.3) is 21.9 Å². The summed E-state index contributed by atoms with van der Waals surface area (Å²) in [6.45, 7) is 3.66. The van der Waals surface area contributed by atoms with Crippen molar-refractivity contribution in [3.05, 3.63) is 54.1 Å². The normalized spacial score (nSPS) is 11.5. The maximum Gasteiger partial charge on any atom is 0.341 e. The highest BCUT2D eigenvalue weighted by atomic mass is 32.2. The van der Waals surface area contributed by atoms with Gasteiger partial charge >= 0.3 is 5.97 Å². The molecular formula is C27H27N3O7S2. The molecule has 0 saturated heterocycles. The van der Waals surface area contributed by atoms with E-state index in [4.69, 9.17) is 23.4 Å². The number of esters is 1. The van der Waals surface area contributed by atoms with Gasteiger partial charge in [-0.1, -0.05) is 42.1 Å². The summed E-state index contributed by atoms with van der Waals surface area (Å²) in [5.74, 6) is 0.706. The Labute approximate surface area is 233 Å². The Morgan fingerprint density at radius 3 is 2.31 bits per heavy atom. The standard InChI is InChI=1S/C27H27N3O7S2/c1-6-36-26(32)18-14-21(16-10-8-7-9-11-16)39-25(18)28-23(31)15(2)38-27-30-29-24(37-27)17-12-19(33-3)22(35-5)20(13-17)34-4/h7-15H,6H2,1-5H3,(H,28,31)/t15-/m0/s1. The van der Waals surface area contributed by atoms with Crippen molar-refractivity contribution in [2.75, 3.05) is 33.3 Å². The van der Waals surface area contributed by atoms with Crippen molar-refractivity contribution in [2.45, 2.75) is 24.3 Å². The Morgan fingerprint density at radius 2 is 1.69 bits per heavy atom. The fraction of sp³-hybridized carbons (Fsp3) is 0.259. The average molecular weight is 570 g/mol. The SMILES string of the molecule is CCOC(=O)c1cc(-c2ccccc2)sc1NC(=O)[C@H](C)Sc1nnc(-c2cc(OC)c(OC)c(OC)c2)o1. The average Bonchev–Trinajstić information content (AvgIpc) is 3.60. The van der Waals surface area contributed by atoms with Gasteiger partial charge < -0.3 is 28.7 Å². The zero-order chi connectivity index (χ0) is 27.9. The second-order valence-corrected chi connectivity index (χ2v) is 10.3. The number of carbonyl (C=O) groups excluding carboxylic acids is 2. The number of thiophene rings is 1. The molecule has 39 heavy (non-hydrogen) atoms. The number of anilines is 1. The van der Waals surface area contributed by atoms with E-state index in [-0.39, 0.29) is 23.6 Å². The van der Waals surface area contributed by atoms with Gasteiger partial charge in [-0.3, -0.25) is 4.79 Å². The van der Waals surface area contributed by atoms with Gasteiger partial charge in [-0.25, -0.2) is 4.79 Å². The first-order valence-electron chi connectivity index (χ1n) is 11.9. The van der Waals surface area contributed by atoms with E-state index in [9.17, 15) is 9.59 Å². The highest BCUT2D eigenvalue weighted by Gasteiger charge is 2.24. The number of rotatable bonds is 11. The summed E-state index contributed by atoms with van der Waals surface area (Å²) < 4.78 is 27.1. The largest absolute Gasteiger partial charge is 0.493 e. The van der Waals surface area contributed by atoms with Crippen molar-refractivity contribution < 1.29 is 33.0 Å². The summed E-state index contributed by atoms with van der Waals surface area (Å²) in [7, 11) is 4.54. The Hall–Kier alpha value is -4.03. The molecule has 2 heterocycles. The molecule has 2 aromatic carbocycles. The van der Waals surface area contributed by atoms with Gasteiger partial charge in [-0.15, -0.1) is 21.5 Å². The van der Waals surface area contributed by atoms with Crippen LogP contribution in [0.2, 0.25) is 0 Å². The number of hydrogen-bond donors (Lipinski definition) is 1. The highest BCUT2D eigenvalue weighted by Crippen LogP contribution is 2.41. The molecule has 4 aromatic rings. The van der Waals surface area contributed by atoms with Crippen LogP contribution in [0.4, 0.5) is 5.00 Å². The molecule has 0 unspecified atom stereocenters. The number of ether oxygens (including phenoxy) is 4. The number of aromatic nitrogens is 2. The van der Waals surface area contributed by atoms with Crippen molar-refractivity contribution in [3.63, 3.8) is 0 Å². The molecule has 0 radical (unpaired) electrons. The molecule has 1 amide bonds. The molecule has 0 aliphatic rings. The fourth-order valence-corrected chi connectivity index (χ4v) is 5.32. The number of amides is 1. The Kier molecular flexibility index (Phi) is 9.10. The van der Waals surface area contributed by atoms with Crippen LogP contribution in [-0.2, 0) is 9.53 Å². The minimum absolute atomic E-state index is 0.197. The number of nitrogens with zero attached hydrogens (tertiary/aromatic N) is 2. The van der Waals surface area contributed by atoms with Crippen LogP contribution in [0, 0.1) is 0 Å². The monoisotopic (exact) mass is 569 g/mol. The molecule has 0 spiro atoms. The zero-order valence-corrected chi connectivity index (χ0v) is 23.6. The van der Waals surface area contributed by atoms with Gasteiger partial charge in [0, 0.05) is 10.4 Å². The van der Waals surface area contributed by atoms with E-state index in [0.29, 0.717) is 33.4 Å². The first kappa shape index (κ1) is 28.0. The number of carbonyl (C=O) groups is 2. The van der Waals surface area contributed by atoms with Crippen molar-refractivity contribution >= 4 is 40.0 Å². The number of hydrogen-bond acceptors (Lipinski definition) is 11. The maximum absolute atomic E-state index is 13.1. The zero-order valence-electron chi connectivity index (χ0n) is 22.0. The molecular weight excluding hydrogens is 542 g/mol. The van der Waals surface area contributed by atoms with Crippen molar-refractivity contribution in [1.29, 1.82) is 0 Å². The van der Waals surface area contributed by atoms with Crippen LogP contribution >= 0.6 is 23.1 Å². The quantitative estimate of drug-likeness (QED) is 0.175. The van der Waals surface area contributed by atoms with E-state index in [1.165, 1.54) is 32.7 Å². The molecule has 0 bridgehead atoms. The lowest BCUT2D eigenvalue weighted by Gasteiger charge is -2.12. The number of benzene rings is 2. The van der Waals surface area contributed by atoms with Crippen LogP contribution in [0.3, 0.4) is 0 Å². The molecule has 0 aliphatic heterocycles. The van der Waals surface area contributed by atoms with Crippen molar-refractivity contribution in [1.82, 2.24) is 10.2 Å². The second-order valence-electron chi connectivity index (χ2n) is 7.98. The van der Waals surface area contributed by atoms with E-state index in [1.54, 1.807) is 32.0 Å². The third-order valence-corrected chi connectivity index (χ3v) is 7.52. The molecule has 4 rings (SSSR count). The van der Waals surface area contributed by atoms with E-state index in [2.05, 4.69) is 15.5 Å². The number of methoxy groups -OCH3 is 3. The minimum atomic E-state index is -0.615. The second kappa shape index (κ2) is 12.7. The van der Waals surface area contributed by atoms with Gasteiger partial charge in [0.25, 0.3) is 5.22 Å². The topological polar surface area (TPSA) is 122 Å². The molecule has 2 aromatic heterocycles. The van der Waals surface area contributed by atoms with Crippen molar-refractivity contribution in [3.8, 4) is 39.1 Å². The van der Waals surface area contributed by atoms with Gasteiger partial charge in [0.2, 0.25) is 17.5 Å². The fourth-order valence-electron chi connectivity index (χ4n) is 3.59. The van der Waals surface area contributed by atoms with E-state index in [0.717, 1.165) is 22.2 Å². The lowest BCUT2D eigenvalue weighted by atomic mass is 10.1. The molecule has 0 aliphatic carbocycles. The van der Waals surface area contributed by atoms with Gasteiger partial charge in [-0.05, 0) is 37.6 Å². The predicted octanol–water partition coefficient (Wildman–Crippen LogP) is 5.79. The predicted molar refractivity (Wildman–Crippen MR) is 149 cm³/mol. The first-order chi connectivity index (χ1) is 18.9. The Balaban J connectivity index is 1.51. The third kappa shape index (κ3) is 6.35. The molecule has 12 heteroatoms. The molecule has 0 fully saturated rings. The Bertz CT molecular complexity index is 1430. The first-order valence-corrected chi connectivity index (χ1v) is 13.6. The molecule has 1 N–H and O–H groups in total. The van der Waals surface area contributed by atoms with Gasteiger partial charge in [0.1, 0.15) is 5.00 Å². The minimum Gasteiger partial charge on any atom is -0.493 e. The summed E-state index contributed by atoms with van der Waals surface area (Å²) in [6, 6.07) is 14.7. The lowest BCUT2D eigenvalue weighted by Crippen LogP contribution is -2.23. The molecule has 0 saturated carbocycles. The third-order valence-electron chi connectivity index (χ3n) is 5.49. The van der Waals surface area contributed by atoms with Crippen LogP contribution in [-0.4, -0.2) is 55.3 Å². The van der Waals surface area contributed by atoms with Crippen molar-refractivity contribution in [2.24, 2.45) is 0 Å².